The highest BCUT2D eigenvalue weighted by Gasteiger charge is 2.10. The summed E-state index contributed by atoms with van der Waals surface area (Å²) in [5, 5.41) is 0. The van der Waals surface area contributed by atoms with Crippen molar-refractivity contribution in [3.8, 4) is 5.75 Å². The Morgan fingerprint density at radius 2 is 2.18 bits per heavy atom. The van der Waals surface area contributed by atoms with Gasteiger partial charge in [0.15, 0.2) is 6.61 Å². The van der Waals surface area contributed by atoms with E-state index < -0.39 is 0 Å². The van der Waals surface area contributed by atoms with Gasteiger partial charge >= 0.3 is 5.97 Å². The van der Waals surface area contributed by atoms with Crippen molar-refractivity contribution < 1.29 is 14.3 Å². The number of esters is 1. The summed E-state index contributed by atoms with van der Waals surface area (Å²) in [6, 6.07) is 5.63. The van der Waals surface area contributed by atoms with Gasteiger partial charge in [0.1, 0.15) is 5.75 Å². The topological polar surface area (TPSA) is 61.5 Å². The number of carbonyl (C=O) groups excluding carboxylic acids is 1. The zero-order valence-electron chi connectivity index (χ0n) is 10.5. The lowest BCUT2D eigenvalue weighted by atomic mass is 10.1. The summed E-state index contributed by atoms with van der Waals surface area (Å²) in [4.78, 5) is 11.2. The lowest BCUT2D eigenvalue weighted by Crippen LogP contribution is -2.16. The summed E-state index contributed by atoms with van der Waals surface area (Å²) in [5.41, 5.74) is 7.79. The summed E-state index contributed by atoms with van der Waals surface area (Å²) in [6.07, 6.45) is 0. The Bertz CT molecular complexity index is 388. The Balaban J connectivity index is 2.75. The molecule has 0 aliphatic rings. The van der Waals surface area contributed by atoms with Crippen molar-refractivity contribution in [1.29, 1.82) is 0 Å². The molecule has 0 fully saturated rings. The molecule has 1 rings (SSSR count). The minimum Gasteiger partial charge on any atom is -0.482 e. The number of aryl methyl sites for hydroxylation is 1. The molecule has 0 aliphatic carbocycles. The van der Waals surface area contributed by atoms with Crippen LogP contribution in [0.1, 0.15) is 31.0 Å². The molecule has 0 spiro atoms. The van der Waals surface area contributed by atoms with E-state index in [4.69, 9.17) is 15.2 Å². The van der Waals surface area contributed by atoms with Gasteiger partial charge in [0.25, 0.3) is 0 Å². The fourth-order valence-electron chi connectivity index (χ4n) is 1.48. The number of ether oxygens (including phenoxy) is 2. The minimum atomic E-state index is -0.371. The molecule has 4 nitrogen and oxygen atoms in total. The molecule has 1 atom stereocenters. The quantitative estimate of drug-likeness (QED) is 0.795. The maximum Gasteiger partial charge on any atom is 0.344 e. The Morgan fingerprint density at radius 3 is 2.76 bits per heavy atom. The fraction of sp³-hybridized carbons (Fsp3) is 0.462. The number of carbonyl (C=O) groups is 1. The van der Waals surface area contributed by atoms with Crippen molar-refractivity contribution in [1.82, 2.24) is 0 Å². The maximum absolute atomic E-state index is 11.2. The number of hydrogen-bond donors (Lipinski definition) is 1. The monoisotopic (exact) mass is 237 g/mol. The molecule has 0 aromatic heterocycles. The maximum atomic E-state index is 11.2. The van der Waals surface area contributed by atoms with E-state index in [1.165, 1.54) is 0 Å². The molecule has 94 valence electrons. The zero-order chi connectivity index (χ0) is 12.8. The van der Waals surface area contributed by atoms with Crippen LogP contribution >= 0.6 is 0 Å². The summed E-state index contributed by atoms with van der Waals surface area (Å²) in [7, 11) is 0. The van der Waals surface area contributed by atoms with Crippen molar-refractivity contribution >= 4 is 5.97 Å². The van der Waals surface area contributed by atoms with Crippen LogP contribution in [0.2, 0.25) is 0 Å². The van der Waals surface area contributed by atoms with Gasteiger partial charge in [-0.2, -0.15) is 0 Å². The summed E-state index contributed by atoms with van der Waals surface area (Å²) in [5.74, 6) is 0.276. The van der Waals surface area contributed by atoms with Crippen molar-refractivity contribution in [3.05, 3.63) is 29.3 Å². The predicted octanol–water partition coefficient (Wildman–Crippen LogP) is 1.96. The zero-order valence-corrected chi connectivity index (χ0v) is 10.5. The highest BCUT2D eigenvalue weighted by Crippen LogP contribution is 2.25. The van der Waals surface area contributed by atoms with Gasteiger partial charge in [-0.15, -0.1) is 0 Å². The first-order valence-electron chi connectivity index (χ1n) is 5.69. The fourth-order valence-corrected chi connectivity index (χ4v) is 1.48. The van der Waals surface area contributed by atoms with Gasteiger partial charge in [0.2, 0.25) is 0 Å². The summed E-state index contributed by atoms with van der Waals surface area (Å²) in [6.45, 7) is 5.87. The Kier molecular flexibility index (Phi) is 4.97. The molecule has 1 aromatic rings. The van der Waals surface area contributed by atoms with E-state index in [1.54, 1.807) is 6.92 Å². The van der Waals surface area contributed by atoms with Crippen LogP contribution in [-0.2, 0) is 9.53 Å². The third kappa shape index (κ3) is 4.07. The van der Waals surface area contributed by atoms with Crippen molar-refractivity contribution in [2.24, 2.45) is 5.73 Å². The molecule has 0 bridgehead atoms. The molecule has 0 aliphatic heterocycles. The molecule has 1 aromatic carbocycles. The molecule has 0 saturated heterocycles. The smallest absolute Gasteiger partial charge is 0.344 e. The van der Waals surface area contributed by atoms with E-state index in [9.17, 15) is 4.79 Å². The van der Waals surface area contributed by atoms with E-state index >= 15 is 0 Å². The van der Waals surface area contributed by atoms with Gasteiger partial charge in [0.05, 0.1) is 6.61 Å². The van der Waals surface area contributed by atoms with E-state index in [2.05, 4.69) is 0 Å². The Labute approximate surface area is 102 Å². The van der Waals surface area contributed by atoms with Crippen LogP contribution in [-0.4, -0.2) is 19.2 Å². The average Bonchev–Trinajstić information content (AvgIpc) is 2.26. The van der Waals surface area contributed by atoms with Crippen LogP contribution in [0.3, 0.4) is 0 Å². The summed E-state index contributed by atoms with van der Waals surface area (Å²) >= 11 is 0. The first-order chi connectivity index (χ1) is 8.04. The minimum absolute atomic E-state index is 0.0863. The van der Waals surface area contributed by atoms with Gasteiger partial charge in [-0.3, -0.25) is 0 Å². The Hall–Kier alpha value is -1.55. The van der Waals surface area contributed by atoms with Crippen LogP contribution < -0.4 is 10.5 Å². The van der Waals surface area contributed by atoms with Crippen molar-refractivity contribution in [2.75, 3.05) is 13.2 Å². The Morgan fingerprint density at radius 1 is 1.47 bits per heavy atom. The summed E-state index contributed by atoms with van der Waals surface area (Å²) < 4.78 is 10.2. The van der Waals surface area contributed by atoms with Crippen LogP contribution in [0, 0.1) is 6.92 Å². The lowest BCUT2D eigenvalue weighted by molar-refractivity contribution is -0.145. The van der Waals surface area contributed by atoms with Crippen LogP contribution in [0.15, 0.2) is 18.2 Å². The second kappa shape index (κ2) is 6.25. The lowest BCUT2D eigenvalue weighted by Gasteiger charge is -2.14. The van der Waals surface area contributed by atoms with Gasteiger partial charge in [-0.1, -0.05) is 12.1 Å². The SMILES string of the molecule is CCOC(=O)COc1cc(C)ccc1[C@H](C)N. The van der Waals surface area contributed by atoms with E-state index in [0.717, 1.165) is 11.1 Å². The largest absolute Gasteiger partial charge is 0.482 e. The molecule has 2 N–H and O–H groups in total. The second-order valence-electron chi connectivity index (χ2n) is 3.92. The standard InChI is InChI=1S/C13H19NO3/c1-4-16-13(15)8-17-12-7-9(2)5-6-11(12)10(3)14/h5-7,10H,4,8,14H2,1-3H3/t10-/m0/s1. The molecule has 0 amide bonds. The molecule has 0 saturated carbocycles. The number of nitrogens with two attached hydrogens (primary N) is 1. The van der Waals surface area contributed by atoms with Gasteiger partial charge in [0, 0.05) is 11.6 Å². The van der Waals surface area contributed by atoms with Crippen LogP contribution in [0.5, 0.6) is 5.75 Å². The number of hydrogen-bond acceptors (Lipinski definition) is 4. The molecular weight excluding hydrogens is 218 g/mol. The highest BCUT2D eigenvalue weighted by molar-refractivity contribution is 5.71. The highest BCUT2D eigenvalue weighted by atomic mass is 16.6. The molecule has 0 radical (unpaired) electrons. The number of rotatable bonds is 5. The van der Waals surface area contributed by atoms with Crippen molar-refractivity contribution in [3.63, 3.8) is 0 Å². The number of benzene rings is 1. The predicted molar refractivity (Wildman–Crippen MR) is 65.9 cm³/mol. The molecular formula is C13H19NO3. The van der Waals surface area contributed by atoms with Crippen LogP contribution in [0.4, 0.5) is 0 Å². The van der Waals surface area contributed by atoms with Gasteiger partial charge in [-0.05, 0) is 32.4 Å². The van der Waals surface area contributed by atoms with E-state index in [1.807, 2.05) is 32.0 Å². The third-order valence-corrected chi connectivity index (χ3v) is 2.31. The van der Waals surface area contributed by atoms with Crippen LogP contribution in [0.25, 0.3) is 0 Å². The first kappa shape index (κ1) is 13.5. The molecule has 17 heavy (non-hydrogen) atoms. The first-order valence-corrected chi connectivity index (χ1v) is 5.69. The molecule has 4 heteroatoms. The molecule has 0 heterocycles. The normalized spacial score (nSPS) is 12.0. The third-order valence-electron chi connectivity index (χ3n) is 2.31. The van der Waals surface area contributed by atoms with Gasteiger partial charge in [-0.25, -0.2) is 4.79 Å². The average molecular weight is 237 g/mol. The van der Waals surface area contributed by atoms with Crippen molar-refractivity contribution in [2.45, 2.75) is 26.8 Å². The molecule has 0 unspecified atom stereocenters. The van der Waals surface area contributed by atoms with E-state index in [0.29, 0.717) is 12.4 Å². The van der Waals surface area contributed by atoms with Gasteiger partial charge < -0.3 is 15.2 Å². The van der Waals surface area contributed by atoms with E-state index in [-0.39, 0.29) is 18.6 Å². The second-order valence-corrected chi connectivity index (χ2v) is 3.92.